The van der Waals surface area contributed by atoms with Crippen LogP contribution in [0.1, 0.15) is 36.2 Å². The summed E-state index contributed by atoms with van der Waals surface area (Å²) >= 11 is 0. The first kappa shape index (κ1) is 13.0. The van der Waals surface area contributed by atoms with Gasteiger partial charge in [0.1, 0.15) is 5.82 Å². The van der Waals surface area contributed by atoms with Crippen molar-refractivity contribution in [3.63, 3.8) is 0 Å². The molecule has 1 aliphatic heterocycles. The summed E-state index contributed by atoms with van der Waals surface area (Å²) in [6.45, 7) is 4.83. The third-order valence-corrected chi connectivity index (χ3v) is 3.34. The number of H-pyrrole nitrogens is 1. The van der Waals surface area contributed by atoms with Gasteiger partial charge in [0.25, 0.3) is 5.91 Å². The molecule has 18 heavy (non-hydrogen) atoms. The third-order valence-electron chi connectivity index (χ3n) is 3.34. The normalized spacial score (nSPS) is 19.8. The monoisotopic (exact) mass is 251 g/mol. The molecule has 0 saturated carbocycles. The molecular weight excluding hydrogens is 230 g/mol. The maximum atomic E-state index is 12.1. The number of amides is 1. The van der Waals surface area contributed by atoms with E-state index in [2.05, 4.69) is 20.5 Å². The summed E-state index contributed by atoms with van der Waals surface area (Å²) in [5.74, 6) is 1.47. The second kappa shape index (κ2) is 5.95. The summed E-state index contributed by atoms with van der Waals surface area (Å²) in [5, 5.41) is 10.1. The van der Waals surface area contributed by atoms with Crippen LogP contribution in [-0.2, 0) is 6.42 Å². The Kier molecular flexibility index (Phi) is 4.30. The standard InChI is InChI=1S/C12H21N5O/c1-3-10-14-11(16-15-10)12(18)17(2)8-9-5-4-6-13-7-9/h9,13H,3-8H2,1-2H3,(H,14,15,16). The minimum Gasteiger partial charge on any atom is -0.339 e. The van der Waals surface area contributed by atoms with Crippen molar-refractivity contribution in [3.05, 3.63) is 11.6 Å². The summed E-state index contributed by atoms with van der Waals surface area (Å²) in [7, 11) is 1.82. The van der Waals surface area contributed by atoms with Gasteiger partial charge >= 0.3 is 0 Å². The van der Waals surface area contributed by atoms with E-state index in [0.29, 0.717) is 5.92 Å². The average Bonchev–Trinajstić information content (AvgIpc) is 2.87. The van der Waals surface area contributed by atoms with Gasteiger partial charge in [-0.25, -0.2) is 4.98 Å². The molecule has 1 aromatic heterocycles. The minimum absolute atomic E-state index is 0.100. The Labute approximate surface area is 107 Å². The number of piperidine rings is 1. The Morgan fingerprint density at radius 2 is 2.39 bits per heavy atom. The van der Waals surface area contributed by atoms with Crippen LogP contribution in [0.2, 0.25) is 0 Å². The van der Waals surface area contributed by atoms with E-state index in [-0.39, 0.29) is 11.7 Å². The van der Waals surface area contributed by atoms with E-state index in [9.17, 15) is 4.79 Å². The quantitative estimate of drug-likeness (QED) is 0.814. The predicted molar refractivity (Wildman–Crippen MR) is 68.3 cm³/mol. The average molecular weight is 251 g/mol. The van der Waals surface area contributed by atoms with Crippen molar-refractivity contribution in [1.82, 2.24) is 25.4 Å². The van der Waals surface area contributed by atoms with Crippen LogP contribution in [0.3, 0.4) is 0 Å². The molecule has 6 nitrogen and oxygen atoms in total. The summed E-state index contributed by atoms with van der Waals surface area (Å²) in [5.41, 5.74) is 0. The summed E-state index contributed by atoms with van der Waals surface area (Å²) < 4.78 is 0. The van der Waals surface area contributed by atoms with Gasteiger partial charge in [0.15, 0.2) is 0 Å². The lowest BCUT2D eigenvalue weighted by Crippen LogP contribution is -2.39. The van der Waals surface area contributed by atoms with Crippen molar-refractivity contribution in [1.29, 1.82) is 0 Å². The third kappa shape index (κ3) is 3.07. The molecule has 100 valence electrons. The fourth-order valence-electron chi connectivity index (χ4n) is 2.27. The van der Waals surface area contributed by atoms with Crippen LogP contribution >= 0.6 is 0 Å². The predicted octanol–water partition coefficient (Wildman–Crippen LogP) is 0.439. The maximum absolute atomic E-state index is 12.1. The first-order valence-electron chi connectivity index (χ1n) is 6.58. The number of hydrogen-bond donors (Lipinski definition) is 2. The molecule has 2 N–H and O–H groups in total. The van der Waals surface area contributed by atoms with Crippen LogP contribution in [0, 0.1) is 5.92 Å². The largest absolute Gasteiger partial charge is 0.339 e. The number of nitrogens with one attached hydrogen (secondary N) is 2. The van der Waals surface area contributed by atoms with Crippen LogP contribution in [0.15, 0.2) is 0 Å². The van der Waals surface area contributed by atoms with E-state index in [1.165, 1.54) is 12.8 Å². The topological polar surface area (TPSA) is 73.9 Å². The van der Waals surface area contributed by atoms with Crippen LogP contribution < -0.4 is 5.32 Å². The molecule has 1 unspecified atom stereocenters. The highest BCUT2D eigenvalue weighted by Crippen LogP contribution is 2.12. The zero-order valence-corrected chi connectivity index (χ0v) is 11.1. The van der Waals surface area contributed by atoms with Gasteiger partial charge < -0.3 is 10.2 Å². The molecular formula is C12H21N5O. The fraction of sp³-hybridized carbons (Fsp3) is 0.750. The Morgan fingerprint density at radius 3 is 3.00 bits per heavy atom. The summed E-state index contributed by atoms with van der Waals surface area (Å²) in [6.07, 6.45) is 3.13. The summed E-state index contributed by atoms with van der Waals surface area (Å²) in [6, 6.07) is 0. The Balaban J connectivity index is 1.91. The zero-order valence-electron chi connectivity index (χ0n) is 11.1. The molecule has 1 saturated heterocycles. The SMILES string of the molecule is CCc1nc(C(=O)N(C)CC2CCCNC2)n[nH]1. The van der Waals surface area contributed by atoms with Crippen LogP contribution in [0.4, 0.5) is 0 Å². The molecule has 1 atom stereocenters. The van der Waals surface area contributed by atoms with Crippen molar-refractivity contribution in [2.24, 2.45) is 5.92 Å². The van der Waals surface area contributed by atoms with Gasteiger partial charge in [-0.3, -0.25) is 9.89 Å². The number of aryl methyl sites for hydroxylation is 1. The fourth-order valence-corrected chi connectivity index (χ4v) is 2.27. The van der Waals surface area contributed by atoms with Crippen LogP contribution in [-0.4, -0.2) is 52.7 Å². The number of carbonyl (C=O) groups is 1. The Morgan fingerprint density at radius 1 is 1.56 bits per heavy atom. The van der Waals surface area contributed by atoms with E-state index >= 15 is 0 Å². The van der Waals surface area contributed by atoms with Crippen molar-refractivity contribution >= 4 is 5.91 Å². The number of aromatic amines is 1. The van der Waals surface area contributed by atoms with Gasteiger partial charge in [0, 0.05) is 20.0 Å². The van der Waals surface area contributed by atoms with Gasteiger partial charge in [-0.05, 0) is 31.8 Å². The molecule has 0 aliphatic carbocycles. The van der Waals surface area contributed by atoms with Gasteiger partial charge in [-0.2, -0.15) is 0 Å². The van der Waals surface area contributed by atoms with E-state index in [1.807, 2.05) is 14.0 Å². The molecule has 0 radical (unpaired) electrons. The second-order valence-corrected chi connectivity index (χ2v) is 4.86. The molecule has 0 aromatic carbocycles. The van der Waals surface area contributed by atoms with Crippen molar-refractivity contribution in [2.75, 3.05) is 26.7 Å². The minimum atomic E-state index is -0.100. The van der Waals surface area contributed by atoms with Gasteiger partial charge in [-0.15, -0.1) is 5.10 Å². The molecule has 0 spiro atoms. The number of rotatable bonds is 4. The number of nitrogens with zero attached hydrogens (tertiary/aromatic N) is 3. The number of carbonyl (C=O) groups excluding carboxylic acids is 1. The van der Waals surface area contributed by atoms with Gasteiger partial charge in [-0.1, -0.05) is 6.92 Å². The molecule has 6 heteroatoms. The zero-order chi connectivity index (χ0) is 13.0. The highest BCUT2D eigenvalue weighted by Gasteiger charge is 2.21. The van der Waals surface area contributed by atoms with Gasteiger partial charge in [0.2, 0.25) is 5.82 Å². The molecule has 2 rings (SSSR count). The van der Waals surface area contributed by atoms with Crippen molar-refractivity contribution in [3.8, 4) is 0 Å². The highest BCUT2D eigenvalue weighted by atomic mass is 16.2. The highest BCUT2D eigenvalue weighted by molar-refractivity contribution is 5.90. The Bertz CT molecular complexity index is 397. The van der Waals surface area contributed by atoms with E-state index in [0.717, 1.165) is 31.9 Å². The van der Waals surface area contributed by atoms with E-state index in [1.54, 1.807) is 4.90 Å². The molecule has 1 fully saturated rings. The van der Waals surface area contributed by atoms with Crippen molar-refractivity contribution < 1.29 is 4.79 Å². The van der Waals surface area contributed by atoms with Crippen LogP contribution in [0.25, 0.3) is 0 Å². The Hall–Kier alpha value is -1.43. The van der Waals surface area contributed by atoms with Crippen molar-refractivity contribution in [2.45, 2.75) is 26.2 Å². The first-order valence-corrected chi connectivity index (χ1v) is 6.58. The molecule has 1 aliphatic rings. The molecule has 0 bridgehead atoms. The lowest BCUT2D eigenvalue weighted by molar-refractivity contribution is 0.0753. The van der Waals surface area contributed by atoms with E-state index < -0.39 is 0 Å². The second-order valence-electron chi connectivity index (χ2n) is 4.86. The first-order chi connectivity index (χ1) is 8.70. The molecule has 1 aromatic rings. The maximum Gasteiger partial charge on any atom is 0.293 e. The summed E-state index contributed by atoms with van der Waals surface area (Å²) in [4.78, 5) is 18.0. The van der Waals surface area contributed by atoms with E-state index in [4.69, 9.17) is 0 Å². The lowest BCUT2D eigenvalue weighted by Gasteiger charge is -2.27. The smallest absolute Gasteiger partial charge is 0.293 e. The van der Waals surface area contributed by atoms with Crippen LogP contribution in [0.5, 0.6) is 0 Å². The number of aromatic nitrogens is 3. The molecule has 2 heterocycles. The molecule has 1 amide bonds. The number of hydrogen-bond acceptors (Lipinski definition) is 4. The lowest BCUT2D eigenvalue weighted by atomic mass is 9.99. The van der Waals surface area contributed by atoms with Gasteiger partial charge in [0.05, 0.1) is 0 Å².